The van der Waals surface area contributed by atoms with Crippen molar-refractivity contribution in [2.24, 2.45) is 5.92 Å². The lowest BCUT2D eigenvalue weighted by Gasteiger charge is -2.32. The molecule has 0 saturated carbocycles. The monoisotopic (exact) mass is 401 g/mol. The Bertz CT molecular complexity index is 973. The molecule has 1 N–H and O–H groups in total. The predicted molar refractivity (Wildman–Crippen MR) is 119 cm³/mol. The van der Waals surface area contributed by atoms with Gasteiger partial charge in [0.05, 0.1) is 13.0 Å². The van der Waals surface area contributed by atoms with E-state index in [1.54, 1.807) is 7.11 Å². The molecule has 1 amide bonds. The minimum atomic E-state index is 0.0126. The normalized spacial score (nSPS) is 16.8. The highest BCUT2D eigenvalue weighted by atomic mass is 16.5. The van der Waals surface area contributed by atoms with Crippen LogP contribution in [-0.2, 0) is 11.3 Å². The van der Waals surface area contributed by atoms with Crippen molar-refractivity contribution in [3.05, 3.63) is 78.6 Å². The number of likely N-dealkylation sites (tertiary alicyclic amines) is 1. The second-order valence-corrected chi connectivity index (χ2v) is 7.73. The van der Waals surface area contributed by atoms with Gasteiger partial charge in [-0.2, -0.15) is 0 Å². The Balaban J connectivity index is 1.36. The number of piperidine rings is 1. The van der Waals surface area contributed by atoms with E-state index in [0.717, 1.165) is 55.0 Å². The molecule has 0 bridgehead atoms. The van der Waals surface area contributed by atoms with Crippen LogP contribution < -0.4 is 10.1 Å². The molecule has 5 heteroatoms. The highest BCUT2D eigenvalue weighted by molar-refractivity contribution is 5.93. The van der Waals surface area contributed by atoms with E-state index < -0.39 is 0 Å². The molecular weight excluding hydrogens is 374 g/mol. The molecule has 0 spiro atoms. The number of rotatable bonds is 6. The number of pyridine rings is 1. The zero-order chi connectivity index (χ0) is 20.8. The van der Waals surface area contributed by atoms with Crippen LogP contribution >= 0.6 is 0 Å². The molecule has 0 aliphatic carbocycles. The Hall–Kier alpha value is -3.18. The van der Waals surface area contributed by atoms with Crippen molar-refractivity contribution in [2.75, 3.05) is 25.5 Å². The number of nitrogens with zero attached hydrogens (tertiary/aromatic N) is 2. The molecule has 1 aliphatic rings. The quantitative estimate of drug-likeness (QED) is 0.655. The second kappa shape index (κ2) is 9.55. The molecule has 0 radical (unpaired) electrons. The van der Waals surface area contributed by atoms with E-state index in [-0.39, 0.29) is 11.8 Å². The first-order valence-corrected chi connectivity index (χ1v) is 10.4. The molecule has 2 heterocycles. The number of carbonyl (C=O) groups excluding carboxylic acids is 1. The topological polar surface area (TPSA) is 54.5 Å². The Labute approximate surface area is 177 Å². The summed E-state index contributed by atoms with van der Waals surface area (Å²) in [5.74, 6) is 0.945. The van der Waals surface area contributed by atoms with Gasteiger partial charge in [0.1, 0.15) is 5.75 Å². The zero-order valence-corrected chi connectivity index (χ0v) is 17.3. The van der Waals surface area contributed by atoms with Crippen LogP contribution in [0.5, 0.6) is 5.75 Å². The van der Waals surface area contributed by atoms with Crippen molar-refractivity contribution in [3.63, 3.8) is 0 Å². The van der Waals surface area contributed by atoms with Gasteiger partial charge in [0.15, 0.2) is 0 Å². The third-order valence-electron chi connectivity index (χ3n) is 5.59. The number of ether oxygens (including phenoxy) is 1. The third kappa shape index (κ3) is 5.05. The van der Waals surface area contributed by atoms with Gasteiger partial charge < -0.3 is 10.1 Å². The summed E-state index contributed by atoms with van der Waals surface area (Å²) in [7, 11) is 1.67. The maximum atomic E-state index is 12.8. The number of hydrogen-bond acceptors (Lipinski definition) is 4. The zero-order valence-electron chi connectivity index (χ0n) is 17.3. The van der Waals surface area contributed by atoms with E-state index in [0.29, 0.717) is 0 Å². The average molecular weight is 402 g/mol. The maximum Gasteiger partial charge on any atom is 0.228 e. The first kappa shape index (κ1) is 20.1. The maximum absolute atomic E-state index is 12.8. The van der Waals surface area contributed by atoms with Gasteiger partial charge in [-0.25, -0.2) is 0 Å². The van der Waals surface area contributed by atoms with E-state index in [1.807, 2.05) is 67.0 Å². The lowest BCUT2D eigenvalue weighted by atomic mass is 9.96. The van der Waals surface area contributed by atoms with Crippen LogP contribution in [0.1, 0.15) is 18.4 Å². The van der Waals surface area contributed by atoms with Gasteiger partial charge in [-0.15, -0.1) is 0 Å². The Morgan fingerprint density at radius 2 is 1.90 bits per heavy atom. The molecule has 1 aromatic heterocycles. The number of methoxy groups -OCH3 is 1. The molecule has 3 aromatic rings. The van der Waals surface area contributed by atoms with Crippen molar-refractivity contribution in [3.8, 4) is 16.9 Å². The molecular formula is C25H27N3O2. The smallest absolute Gasteiger partial charge is 0.228 e. The summed E-state index contributed by atoms with van der Waals surface area (Å²) in [6.45, 7) is 2.68. The van der Waals surface area contributed by atoms with Crippen LogP contribution in [0.25, 0.3) is 11.1 Å². The Morgan fingerprint density at radius 3 is 2.67 bits per heavy atom. The van der Waals surface area contributed by atoms with Crippen molar-refractivity contribution >= 4 is 11.6 Å². The van der Waals surface area contributed by atoms with Crippen molar-refractivity contribution in [1.29, 1.82) is 0 Å². The number of anilines is 1. The fourth-order valence-corrected chi connectivity index (χ4v) is 3.95. The highest BCUT2D eigenvalue weighted by Crippen LogP contribution is 2.26. The largest absolute Gasteiger partial charge is 0.497 e. The van der Waals surface area contributed by atoms with E-state index >= 15 is 0 Å². The third-order valence-corrected chi connectivity index (χ3v) is 5.59. The standard InChI is InChI=1S/C25H27N3O2/c1-30-24-6-2-4-21(16-24)20-7-9-23(10-8-20)27-25(29)22-5-3-15-28(18-22)17-19-11-13-26-14-12-19/h2,4,6-14,16,22H,3,5,15,17-18H2,1H3,(H,27,29). The van der Waals surface area contributed by atoms with Crippen LogP contribution in [0.15, 0.2) is 73.1 Å². The Kier molecular flexibility index (Phi) is 6.40. The molecule has 1 aliphatic heterocycles. The Morgan fingerprint density at radius 1 is 1.10 bits per heavy atom. The van der Waals surface area contributed by atoms with Gasteiger partial charge in [0.25, 0.3) is 0 Å². The van der Waals surface area contributed by atoms with Crippen LogP contribution in [-0.4, -0.2) is 36.0 Å². The minimum absolute atomic E-state index is 0.0126. The van der Waals surface area contributed by atoms with E-state index in [9.17, 15) is 4.79 Å². The second-order valence-electron chi connectivity index (χ2n) is 7.73. The summed E-state index contributed by atoms with van der Waals surface area (Å²) in [6.07, 6.45) is 5.61. The molecule has 5 nitrogen and oxygen atoms in total. The molecule has 1 saturated heterocycles. The minimum Gasteiger partial charge on any atom is -0.497 e. The summed E-state index contributed by atoms with van der Waals surface area (Å²) in [5.41, 5.74) is 4.25. The van der Waals surface area contributed by atoms with Gasteiger partial charge in [0, 0.05) is 31.2 Å². The van der Waals surface area contributed by atoms with E-state index in [1.165, 1.54) is 5.56 Å². The number of aromatic nitrogens is 1. The number of carbonyl (C=O) groups is 1. The lowest BCUT2D eigenvalue weighted by molar-refractivity contribution is -0.121. The predicted octanol–water partition coefficient (Wildman–Crippen LogP) is 4.61. The SMILES string of the molecule is COc1cccc(-c2ccc(NC(=O)C3CCCN(Cc4ccncc4)C3)cc2)c1. The molecule has 2 aromatic carbocycles. The molecule has 154 valence electrons. The summed E-state index contributed by atoms with van der Waals surface area (Å²) in [4.78, 5) is 19.3. The number of benzene rings is 2. The first-order chi connectivity index (χ1) is 14.7. The molecule has 1 unspecified atom stereocenters. The highest BCUT2D eigenvalue weighted by Gasteiger charge is 2.25. The van der Waals surface area contributed by atoms with Gasteiger partial charge in [0.2, 0.25) is 5.91 Å². The number of amides is 1. The number of nitrogens with one attached hydrogen (secondary N) is 1. The van der Waals surface area contributed by atoms with Gasteiger partial charge in [-0.05, 0) is 72.5 Å². The molecule has 1 fully saturated rings. The summed E-state index contributed by atoms with van der Waals surface area (Å²) in [5, 5.41) is 3.10. The van der Waals surface area contributed by atoms with Gasteiger partial charge in [-0.3, -0.25) is 14.7 Å². The summed E-state index contributed by atoms with van der Waals surface area (Å²) in [6, 6.07) is 20.0. The van der Waals surface area contributed by atoms with Crippen LogP contribution in [0.2, 0.25) is 0 Å². The molecule has 1 atom stereocenters. The lowest BCUT2D eigenvalue weighted by Crippen LogP contribution is -2.40. The van der Waals surface area contributed by atoms with E-state index in [4.69, 9.17) is 4.74 Å². The van der Waals surface area contributed by atoms with Gasteiger partial charge in [-0.1, -0.05) is 24.3 Å². The van der Waals surface area contributed by atoms with Gasteiger partial charge >= 0.3 is 0 Å². The van der Waals surface area contributed by atoms with Crippen molar-refractivity contribution < 1.29 is 9.53 Å². The van der Waals surface area contributed by atoms with E-state index in [2.05, 4.69) is 21.3 Å². The fourth-order valence-electron chi connectivity index (χ4n) is 3.95. The van der Waals surface area contributed by atoms with Crippen molar-refractivity contribution in [2.45, 2.75) is 19.4 Å². The average Bonchev–Trinajstić information content (AvgIpc) is 2.80. The number of hydrogen-bond donors (Lipinski definition) is 1. The van der Waals surface area contributed by atoms with Crippen molar-refractivity contribution in [1.82, 2.24) is 9.88 Å². The molecule has 30 heavy (non-hydrogen) atoms. The molecule has 4 rings (SSSR count). The van der Waals surface area contributed by atoms with Crippen LogP contribution in [0, 0.1) is 5.92 Å². The fraction of sp³-hybridized carbons (Fsp3) is 0.280. The summed E-state index contributed by atoms with van der Waals surface area (Å²) >= 11 is 0. The van der Waals surface area contributed by atoms with Crippen LogP contribution in [0.4, 0.5) is 5.69 Å². The first-order valence-electron chi connectivity index (χ1n) is 10.4. The van der Waals surface area contributed by atoms with Crippen LogP contribution in [0.3, 0.4) is 0 Å². The summed E-state index contributed by atoms with van der Waals surface area (Å²) < 4.78 is 5.30.